The molecule has 5 aromatic carbocycles. The summed E-state index contributed by atoms with van der Waals surface area (Å²) in [6, 6.07) is 37.8. The molecule has 0 unspecified atom stereocenters. The number of hydrogen-bond donors (Lipinski definition) is 1. The lowest BCUT2D eigenvalue weighted by Gasteiger charge is -2.30. The van der Waals surface area contributed by atoms with Crippen LogP contribution < -0.4 is 19.1 Å². The van der Waals surface area contributed by atoms with Crippen LogP contribution in [0, 0.1) is 0 Å². The molecule has 64 heavy (non-hydrogen) atoms. The van der Waals surface area contributed by atoms with Crippen molar-refractivity contribution in [1.82, 2.24) is 14.4 Å². The summed E-state index contributed by atoms with van der Waals surface area (Å²) >= 11 is 0. The molecule has 0 aliphatic carbocycles. The molecule has 4 aliphatic heterocycles. The summed E-state index contributed by atoms with van der Waals surface area (Å²) in [5.41, 5.74) is 8.27. The number of benzene rings is 5. The minimum absolute atomic E-state index is 0.0631. The van der Waals surface area contributed by atoms with Gasteiger partial charge in [0.25, 0.3) is 11.8 Å². The Labute approximate surface area is 373 Å². The predicted molar refractivity (Wildman–Crippen MR) is 243 cm³/mol. The molecular formula is C52H52N4O8. The summed E-state index contributed by atoms with van der Waals surface area (Å²) in [4.78, 5) is 47.4. The number of morpholine rings is 1. The van der Waals surface area contributed by atoms with Crippen LogP contribution in [0.3, 0.4) is 0 Å². The lowest BCUT2D eigenvalue weighted by molar-refractivity contribution is 0.0503. The molecule has 12 heteroatoms. The van der Waals surface area contributed by atoms with E-state index in [1.54, 1.807) is 29.2 Å². The maximum Gasteiger partial charge on any atom is 0.335 e. The number of amides is 2. The molecule has 0 bridgehead atoms. The number of fused-ring (bicyclic) bond motifs is 3. The maximum absolute atomic E-state index is 15.1. The topological polar surface area (TPSA) is 123 Å². The van der Waals surface area contributed by atoms with Crippen molar-refractivity contribution < 1.29 is 38.4 Å². The van der Waals surface area contributed by atoms with Crippen molar-refractivity contribution in [2.45, 2.75) is 51.9 Å². The van der Waals surface area contributed by atoms with Crippen LogP contribution in [-0.2, 0) is 43.8 Å². The van der Waals surface area contributed by atoms with Crippen molar-refractivity contribution >= 4 is 23.5 Å². The number of carbonyl (C=O) groups excluding carboxylic acids is 2. The van der Waals surface area contributed by atoms with Crippen LogP contribution in [0.2, 0.25) is 0 Å². The number of rotatable bonds is 10. The van der Waals surface area contributed by atoms with E-state index in [4.69, 9.17) is 18.9 Å². The third-order valence-electron chi connectivity index (χ3n) is 12.3. The molecule has 0 atom stereocenters. The summed E-state index contributed by atoms with van der Waals surface area (Å²) in [5, 5.41) is 9.76. The standard InChI is InChI=1S/C47H41N3O7.C5H11NO/c51-45(48-22-20-33-12-4-5-13-35(33)28-48)39-26-44-43(56-30-57-44)25-38(39)42-24-40(41-15-6-7-21-49(41)42)46(52)50(27-32-11-8-14-34(23-32)47(53)54)36-16-18-37(19-17-36)55-29-31-9-2-1-3-10-31;1-6-2-4-7-5-3-6/h1-5,8-14,16-19,23-26H,6-7,15,20-22,27-30H2,(H,53,54);2-5H2,1H3. The summed E-state index contributed by atoms with van der Waals surface area (Å²) in [6.45, 7) is 6.40. The van der Waals surface area contributed by atoms with Gasteiger partial charge < -0.3 is 43.3 Å². The number of aromatic carboxylic acids is 1. The molecule has 0 spiro atoms. The Morgan fingerprint density at radius 3 is 2.20 bits per heavy atom. The fourth-order valence-electron chi connectivity index (χ4n) is 8.78. The van der Waals surface area contributed by atoms with Gasteiger partial charge in [-0.3, -0.25) is 9.59 Å². The second-order valence-electron chi connectivity index (χ2n) is 16.6. The molecule has 10 rings (SSSR count). The van der Waals surface area contributed by atoms with Crippen molar-refractivity contribution in [1.29, 1.82) is 0 Å². The van der Waals surface area contributed by atoms with E-state index in [9.17, 15) is 14.7 Å². The highest BCUT2D eigenvalue weighted by atomic mass is 16.7. The normalized spacial score (nSPS) is 15.3. The van der Waals surface area contributed by atoms with E-state index < -0.39 is 5.97 Å². The van der Waals surface area contributed by atoms with Gasteiger partial charge in [0, 0.05) is 55.4 Å². The van der Waals surface area contributed by atoms with E-state index in [1.807, 2.05) is 89.8 Å². The quantitative estimate of drug-likeness (QED) is 0.145. The van der Waals surface area contributed by atoms with Crippen LogP contribution in [0.25, 0.3) is 11.3 Å². The van der Waals surface area contributed by atoms with E-state index in [2.05, 4.69) is 28.6 Å². The Morgan fingerprint density at radius 1 is 0.719 bits per heavy atom. The molecule has 4 aliphatic rings. The molecule has 2 amide bonds. The van der Waals surface area contributed by atoms with E-state index in [1.165, 1.54) is 5.56 Å². The molecule has 1 fully saturated rings. The number of carboxylic acid groups (broad SMARTS) is 1. The zero-order chi connectivity index (χ0) is 44.0. The summed E-state index contributed by atoms with van der Waals surface area (Å²) in [5.74, 6) is 0.358. The number of carboxylic acids is 1. The first-order valence-electron chi connectivity index (χ1n) is 22.0. The van der Waals surface area contributed by atoms with Gasteiger partial charge in [-0.05, 0) is 110 Å². The Kier molecular flexibility index (Phi) is 12.8. The highest BCUT2D eigenvalue weighted by Crippen LogP contribution is 2.42. The first kappa shape index (κ1) is 42.4. The highest BCUT2D eigenvalue weighted by Gasteiger charge is 2.32. The lowest BCUT2D eigenvalue weighted by Crippen LogP contribution is -2.36. The van der Waals surface area contributed by atoms with Gasteiger partial charge in [0.1, 0.15) is 12.4 Å². The van der Waals surface area contributed by atoms with E-state index >= 15 is 4.79 Å². The van der Waals surface area contributed by atoms with Gasteiger partial charge in [-0.1, -0.05) is 66.7 Å². The third-order valence-corrected chi connectivity index (χ3v) is 12.3. The fourth-order valence-corrected chi connectivity index (χ4v) is 8.78. The van der Waals surface area contributed by atoms with Crippen LogP contribution in [-0.4, -0.2) is 83.9 Å². The largest absolute Gasteiger partial charge is 0.489 e. The second kappa shape index (κ2) is 19.2. The number of nitrogens with zero attached hydrogens (tertiary/aromatic N) is 4. The Balaban J connectivity index is 0.000000677. The van der Waals surface area contributed by atoms with Crippen molar-refractivity contribution in [2.75, 3.05) is 51.6 Å². The first-order valence-corrected chi connectivity index (χ1v) is 22.0. The molecule has 12 nitrogen and oxygen atoms in total. The van der Waals surface area contributed by atoms with Crippen LogP contribution in [0.5, 0.6) is 17.2 Å². The average molecular weight is 861 g/mol. The van der Waals surface area contributed by atoms with Crippen LogP contribution >= 0.6 is 0 Å². The number of anilines is 1. The molecular weight excluding hydrogens is 809 g/mol. The van der Waals surface area contributed by atoms with E-state index in [-0.39, 0.29) is 30.7 Å². The SMILES string of the molecule is CN1CCOCC1.O=C(O)c1cccc(CN(C(=O)c2cc(-c3cc4c(cc3C(=O)N3CCc5ccccc5C3)OCO4)n3c2CCCC3)c2ccc(OCc3ccccc3)cc2)c1. The van der Waals surface area contributed by atoms with Crippen LogP contribution in [0.1, 0.15) is 71.9 Å². The molecule has 1 N–H and O–H groups in total. The van der Waals surface area contributed by atoms with Gasteiger partial charge in [-0.25, -0.2) is 4.79 Å². The Hall–Kier alpha value is -6.89. The van der Waals surface area contributed by atoms with E-state index in [0.29, 0.717) is 77.9 Å². The number of ether oxygens (including phenoxy) is 4. The lowest BCUT2D eigenvalue weighted by atomic mass is 9.97. The molecule has 1 aromatic heterocycles. The number of hydrogen-bond acceptors (Lipinski definition) is 8. The molecule has 5 heterocycles. The van der Waals surface area contributed by atoms with Gasteiger partial charge in [0.05, 0.1) is 36.4 Å². The van der Waals surface area contributed by atoms with Gasteiger partial charge in [0.2, 0.25) is 6.79 Å². The Bertz CT molecular complexity index is 2640. The minimum Gasteiger partial charge on any atom is -0.489 e. The summed E-state index contributed by atoms with van der Waals surface area (Å²) in [6.07, 6.45) is 3.30. The van der Waals surface area contributed by atoms with Crippen molar-refractivity contribution in [2.24, 2.45) is 0 Å². The highest BCUT2D eigenvalue weighted by molar-refractivity contribution is 6.09. The zero-order valence-corrected chi connectivity index (χ0v) is 36.0. The third kappa shape index (κ3) is 9.39. The molecule has 0 radical (unpaired) electrons. The van der Waals surface area contributed by atoms with Crippen LogP contribution in [0.4, 0.5) is 5.69 Å². The van der Waals surface area contributed by atoms with Gasteiger partial charge in [0.15, 0.2) is 11.5 Å². The average Bonchev–Trinajstić information content (AvgIpc) is 3.97. The predicted octanol–water partition coefficient (Wildman–Crippen LogP) is 8.49. The number of carbonyl (C=O) groups is 3. The van der Waals surface area contributed by atoms with E-state index in [0.717, 1.165) is 68.1 Å². The number of aromatic nitrogens is 1. The zero-order valence-electron chi connectivity index (χ0n) is 36.0. The van der Waals surface area contributed by atoms with Crippen molar-refractivity contribution in [3.05, 3.63) is 166 Å². The number of likely N-dealkylation sites (N-methyl/N-ethyl adjacent to an activating group) is 1. The van der Waals surface area contributed by atoms with Crippen molar-refractivity contribution in [3.63, 3.8) is 0 Å². The van der Waals surface area contributed by atoms with Crippen molar-refractivity contribution in [3.8, 4) is 28.5 Å². The Morgan fingerprint density at radius 2 is 1.45 bits per heavy atom. The van der Waals surface area contributed by atoms with Gasteiger partial charge in [-0.2, -0.15) is 0 Å². The maximum atomic E-state index is 15.1. The molecule has 1 saturated heterocycles. The summed E-state index contributed by atoms with van der Waals surface area (Å²) in [7, 11) is 2.11. The first-order chi connectivity index (χ1) is 31.3. The summed E-state index contributed by atoms with van der Waals surface area (Å²) < 4.78 is 25.0. The smallest absolute Gasteiger partial charge is 0.335 e. The fraction of sp³-hybridized carbons (Fsp3) is 0.288. The van der Waals surface area contributed by atoms with Gasteiger partial charge in [-0.15, -0.1) is 0 Å². The molecule has 328 valence electrons. The monoisotopic (exact) mass is 860 g/mol. The molecule has 6 aromatic rings. The minimum atomic E-state index is -1.04. The van der Waals surface area contributed by atoms with Crippen LogP contribution in [0.15, 0.2) is 121 Å². The van der Waals surface area contributed by atoms with Gasteiger partial charge >= 0.3 is 5.97 Å². The molecule has 0 saturated carbocycles. The second-order valence-corrected chi connectivity index (χ2v) is 16.6.